The number of anilines is 1. The van der Waals surface area contributed by atoms with Crippen LogP contribution >= 0.6 is 15.9 Å². The minimum Gasteiger partial charge on any atom is -0.347 e. The van der Waals surface area contributed by atoms with E-state index in [9.17, 15) is 4.79 Å². The van der Waals surface area contributed by atoms with E-state index in [-0.39, 0.29) is 6.03 Å². The van der Waals surface area contributed by atoms with Gasteiger partial charge in [0, 0.05) is 23.1 Å². The fourth-order valence-corrected chi connectivity index (χ4v) is 2.55. The molecule has 0 aliphatic carbocycles. The fraction of sp³-hybridized carbons (Fsp3) is 0.231. The van der Waals surface area contributed by atoms with E-state index in [0.717, 1.165) is 28.0 Å². The second-order valence-electron chi connectivity index (χ2n) is 4.44. The maximum absolute atomic E-state index is 12.2. The molecule has 0 radical (unpaired) electrons. The van der Waals surface area contributed by atoms with Crippen LogP contribution in [0.4, 0.5) is 10.5 Å². The summed E-state index contributed by atoms with van der Waals surface area (Å²) < 4.78 is 0.944. The van der Waals surface area contributed by atoms with Crippen LogP contribution < -0.4 is 5.32 Å². The van der Waals surface area contributed by atoms with Crippen molar-refractivity contribution in [3.05, 3.63) is 46.5 Å². The predicted octanol–water partition coefficient (Wildman–Crippen LogP) is 2.76. The summed E-state index contributed by atoms with van der Waals surface area (Å²) in [5.74, 6) is 0. The van der Waals surface area contributed by atoms with E-state index in [1.807, 2.05) is 24.3 Å². The molecule has 2 aromatic rings. The zero-order valence-corrected chi connectivity index (χ0v) is 11.8. The summed E-state index contributed by atoms with van der Waals surface area (Å²) in [6, 6.07) is 7.48. The number of imidazole rings is 1. The SMILES string of the molecule is O=C(Nc1cccc(Br)c1)N1CCc2nc[nH]c2C1. The molecule has 0 saturated heterocycles. The highest BCUT2D eigenvalue weighted by atomic mass is 79.9. The average Bonchev–Trinajstić information content (AvgIpc) is 2.85. The molecule has 19 heavy (non-hydrogen) atoms. The van der Waals surface area contributed by atoms with Crippen LogP contribution in [0, 0.1) is 0 Å². The van der Waals surface area contributed by atoms with Gasteiger partial charge in [0.1, 0.15) is 0 Å². The molecule has 6 heteroatoms. The van der Waals surface area contributed by atoms with E-state index in [2.05, 4.69) is 31.2 Å². The molecular weight excluding hydrogens is 308 g/mol. The van der Waals surface area contributed by atoms with Gasteiger partial charge in [-0.2, -0.15) is 0 Å². The Bertz CT molecular complexity index is 610. The normalized spacial score (nSPS) is 14.1. The summed E-state index contributed by atoms with van der Waals surface area (Å²) in [5, 5.41) is 2.90. The highest BCUT2D eigenvalue weighted by molar-refractivity contribution is 9.10. The van der Waals surface area contributed by atoms with E-state index in [1.165, 1.54) is 0 Å². The second-order valence-corrected chi connectivity index (χ2v) is 5.36. The number of urea groups is 1. The van der Waals surface area contributed by atoms with Crippen molar-refractivity contribution in [2.45, 2.75) is 13.0 Å². The summed E-state index contributed by atoms with van der Waals surface area (Å²) in [5.41, 5.74) is 2.87. The number of aromatic nitrogens is 2. The molecule has 0 bridgehead atoms. The van der Waals surface area contributed by atoms with Gasteiger partial charge in [-0.1, -0.05) is 22.0 Å². The van der Waals surface area contributed by atoms with Crippen molar-refractivity contribution in [1.29, 1.82) is 0 Å². The van der Waals surface area contributed by atoms with Gasteiger partial charge in [-0.3, -0.25) is 0 Å². The van der Waals surface area contributed by atoms with Crippen molar-refractivity contribution in [3.8, 4) is 0 Å². The maximum atomic E-state index is 12.2. The van der Waals surface area contributed by atoms with Crippen molar-refractivity contribution >= 4 is 27.6 Å². The van der Waals surface area contributed by atoms with Crippen LogP contribution in [-0.4, -0.2) is 27.4 Å². The monoisotopic (exact) mass is 320 g/mol. The molecule has 3 rings (SSSR count). The van der Waals surface area contributed by atoms with Crippen molar-refractivity contribution in [2.75, 3.05) is 11.9 Å². The number of carbonyl (C=O) groups is 1. The fourth-order valence-electron chi connectivity index (χ4n) is 2.15. The number of hydrogen-bond donors (Lipinski definition) is 2. The molecular formula is C13H13BrN4O. The van der Waals surface area contributed by atoms with Crippen LogP contribution in [0.25, 0.3) is 0 Å². The standard InChI is InChI=1S/C13H13BrN4O/c14-9-2-1-3-10(6-9)17-13(19)18-5-4-11-12(7-18)16-8-15-11/h1-3,6,8H,4-5,7H2,(H,15,16)(H,17,19). The molecule has 1 aliphatic heterocycles. The number of carbonyl (C=O) groups excluding carboxylic acids is 1. The number of halogens is 1. The number of benzene rings is 1. The first-order valence-corrected chi connectivity index (χ1v) is 6.84. The molecule has 1 aliphatic rings. The summed E-state index contributed by atoms with van der Waals surface area (Å²) in [7, 11) is 0. The number of rotatable bonds is 1. The first kappa shape index (κ1) is 12.2. The Morgan fingerprint density at radius 3 is 3.21 bits per heavy atom. The first-order valence-electron chi connectivity index (χ1n) is 6.05. The zero-order chi connectivity index (χ0) is 13.2. The topological polar surface area (TPSA) is 61.0 Å². The van der Waals surface area contributed by atoms with Crippen LogP contribution in [0.2, 0.25) is 0 Å². The Hall–Kier alpha value is -1.82. The van der Waals surface area contributed by atoms with Crippen LogP contribution in [-0.2, 0) is 13.0 Å². The molecule has 2 heterocycles. The molecule has 0 unspecified atom stereocenters. The number of nitrogens with one attached hydrogen (secondary N) is 2. The smallest absolute Gasteiger partial charge is 0.322 e. The molecule has 0 saturated carbocycles. The van der Waals surface area contributed by atoms with Gasteiger partial charge in [-0.15, -0.1) is 0 Å². The maximum Gasteiger partial charge on any atom is 0.322 e. The molecule has 0 fully saturated rings. The minimum absolute atomic E-state index is 0.0849. The number of aromatic amines is 1. The van der Waals surface area contributed by atoms with Gasteiger partial charge in [0.15, 0.2) is 0 Å². The predicted molar refractivity (Wildman–Crippen MR) is 75.9 cm³/mol. The summed E-state index contributed by atoms with van der Waals surface area (Å²) in [6.45, 7) is 1.27. The van der Waals surface area contributed by atoms with Gasteiger partial charge >= 0.3 is 6.03 Å². The lowest BCUT2D eigenvalue weighted by molar-refractivity contribution is 0.205. The van der Waals surface area contributed by atoms with Gasteiger partial charge < -0.3 is 15.2 Å². The third-order valence-corrected chi connectivity index (χ3v) is 3.63. The summed E-state index contributed by atoms with van der Waals surface area (Å²) >= 11 is 3.39. The molecule has 2 amide bonds. The molecule has 1 aromatic carbocycles. The zero-order valence-electron chi connectivity index (χ0n) is 10.2. The van der Waals surface area contributed by atoms with E-state index in [0.29, 0.717) is 13.1 Å². The van der Waals surface area contributed by atoms with Gasteiger partial charge in [-0.05, 0) is 18.2 Å². The van der Waals surface area contributed by atoms with Crippen LogP contribution in [0.1, 0.15) is 11.4 Å². The lowest BCUT2D eigenvalue weighted by Crippen LogP contribution is -2.38. The largest absolute Gasteiger partial charge is 0.347 e. The van der Waals surface area contributed by atoms with E-state index in [1.54, 1.807) is 11.2 Å². The molecule has 0 spiro atoms. The summed E-state index contributed by atoms with van der Waals surface area (Å²) in [6.07, 6.45) is 2.48. The Morgan fingerprint density at radius 2 is 2.37 bits per heavy atom. The number of H-pyrrole nitrogens is 1. The van der Waals surface area contributed by atoms with Crippen LogP contribution in [0.3, 0.4) is 0 Å². The molecule has 1 aromatic heterocycles. The van der Waals surface area contributed by atoms with E-state index >= 15 is 0 Å². The molecule has 5 nitrogen and oxygen atoms in total. The second kappa shape index (κ2) is 5.05. The number of nitrogens with zero attached hydrogens (tertiary/aromatic N) is 2. The Balaban J connectivity index is 1.69. The highest BCUT2D eigenvalue weighted by Crippen LogP contribution is 2.18. The molecule has 98 valence electrons. The Morgan fingerprint density at radius 1 is 1.47 bits per heavy atom. The molecule has 2 N–H and O–H groups in total. The average molecular weight is 321 g/mol. The first-order chi connectivity index (χ1) is 9.22. The Labute approximate surface area is 119 Å². The van der Waals surface area contributed by atoms with Crippen molar-refractivity contribution in [3.63, 3.8) is 0 Å². The minimum atomic E-state index is -0.0849. The summed E-state index contributed by atoms with van der Waals surface area (Å²) in [4.78, 5) is 21.3. The van der Waals surface area contributed by atoms with Gasteiger partial charge in [0.2, 0.25) is 0 Å². The van der Waals surface area contributed by atoms with Gasteiger partial charge in [0.25, 0.3) is 0 Å². The van der Waals surface area contributed by atoms with E-state index < -0.39 is 0 Å². The number of amides is 2. The van der Waals surface area contributed by atoms with Crippen molar-refractivity contribution in [1.82, 2.24) is 14.9 Å². The quantitative estimate of drug-likeness (QED) is 0.848. The van der Waals surface area contributed by atoms with Crippen LogP contribution in [0.5, 0.6) is 0 Å². The Kier molecular flexibility index (Phi) is 3.25. The molecule has 0 atom stereocenters. The van der Waals surface area contributed by atoms with Gasteiger partial charge in [0.05, 0.1) is 24.3 Å². The third kappa shape index (κ3) is 2.63. The number of hydrogen-bond acceptors (Lipinski definition) is 2. The highest BCUT2D eigenvalue weighted by Gasteiger charge is 2.22. The van der Waals surface area contributed by atoms with E-state index in [4.69, 9.17) is 0 Å². The lowest BCUT2D eigenvalue weighted by Gasteiger charge is -2.26. The van der Waals surface area contributed by atoms with Crippen LogP contribution in [0.15, 0.2) is 35.1 Å². The van der Waals surface area contributed by atoms with Crippen molar-refractivity contribution < 1.29 is 4.79 Å². The van der Waals surface area contributed by atoms with Crippen molar-refractivity contribution in [2.24, 2.45) is 0 Å². The lowest BCUT2D eigenvalue weighted by atomic mass is 10.1. The number of fused-ring (bicyclic) bond motifs is 1. The van der Waals surface area contributed by atoms with Gasteiger partial charge in [-0.25, -0.2) is 9.78 Å². The third-order valence-electron chi connectivity index (χ3n) is 3.14.